The van der Waals surface area contributed by atoms with Gasteiger partial charge in [-0.25, -0.2) is 0 Å². The highest BCUT2D eigenvalue weighted by Gasteiger charge is 1.97. The molecule has 0 aromatic heterocycles. The molecule has 0 aliphatic rings. The van der Waals surface area contributed by atoms with Crippen LogP contribution in [0.1, 0.15) is 0 Å². The molecule has 0 heterocycles. The summed E-state index contributed by atoms with van der Waals surface area (Å²) in [4.78, 5) is 0. The standard InChI is InChI=1S/C9H13BrN2O/c1-13-5-4-12-9-3-2-7(10)6-8(9)11/h2-3,6,12H,4-5,11H2,1H3. The molecule has 72 valence electrons. The zero-order valence-corrected chi connectivity index (χ0v) is 9.10. The summed E-state index contributed by atoms with van der Waals surface area (Å²) >= 11 is 3.35. The third kappa shape index (κ3) is 3.24. The normalized spacial score (nSPS) is 10.0. The highest BCUT2D eigenvalue weighted by atomic mass is 79.9. The van der Waals surface area contributed by atoms with Gasteiger partial charge in [0.05, 0.1) is 18.0 Å². The van der Waals surface area contributed by atoms with Crippen molar-refractivity contribution >= 4 is 27.3 Å². The molecule has 0 spiro atoms. The number of nitrogens with two attached hydrogens (primary N) is 1. The van der Waals surface area contributed by atoms with E-state index in [1.165, 1.54) is 0 Å². The van der Waals surface area contributed by atoms with Gasteiger partial charge in [0.25, 0.3) is 0 Å². The second-order valence-corrected chi connectivity index (χ2v) is 3.57. The number of rotatable bonds is 4. The Morgan fingerprint density at radius 3 is 2.92 bits per heavy atom. The van der Waals surface area contributed by atoms with Crippen LogP contribution in [0.25, 0.3) is 0 Å². The summed E-state index contributed by atoms with van der Waals surface area (Å²) in [6.07, 6.45) is 0. The molecule has 0 atom stereocenters. The van der Waals surface area contributed by atoms with Crippen molar-refractivity contribution < 1.29 is 4.74 Å². The molecule has 0 amide bonds. The third-order valence-corrected chi connectivity index (χ3v) is 2.13. The lowest BCUT2D eigenvalue weighted by Gasteiger charge is -2.08. The summed E-state index contributed by atoms with van der Waals surface area (Å²) in [5.74, 6) is 0. The van der Waals surface area contributed by atoms with Gasteiger partial charge in [0.2, 0.25) is 0 Å². The molecule has 0 aliphatic heterocycles. The largest absolute Gasteiger partial charge is 0.397 e. The van der Waals surface area contributed by atoms with E-state index in [-0.39, 0.29) is 0 Å². The van der Waals surface area contributed by atoms with Crippen LogP contribution < -0.4 is 11.1 Å². The van der Waals surface area contributed by atoms with E-state index in [9.17, 15) is 0 Å². The first-order valence-corrected chi connectivity index (χ1v) is 4.81. The van der Waals surface area contributed by atoms with Crippen LogP contribution in [0.3, 0.4) is 0 Å². The lowest BCUT2D eigenvalue weighted by Crippen LogP contribution is -2.08. The molecule has 0 unspecified atom stereocenters. The molecular formula is C9H13BrN2O. The Hall–Kier alpha value is -0.740. The lowest BCUT2D eigenvalue weighted by atomic mass is 10.3. The molecule has 0 aliphatic carbocycles. The smallest absolute Gasteiger partial charge is 0.0635 e. The summed E-state index contributed by atoms with van der Waals surface area (Å²) in [6.45, 7) is 1.44. The lowest BCUT2D eigenvalue weighted by molar-refractivity contribution is 0.211. The molecule has 0 saturated carbocycles. The number of hydrogen-bond donors (Lipinski definition) is 2. The predicted molar refractivity (Wildman–Crippen MR) is 58.9 cm³/mol. The molecule has 3 N–H and O–H groups in total. The van der Waals surface area contributed by atoms with E-state index >= 15 is 0 Å². The minimum absolute atomic E-state index is 0.676. The molecule has 0 bridgehead atoms. The molecule has 0 saturated heterocycles. The number of nitrogen functional groups attached to an aromatic ring is 1. The van der Waals surface area contributed by atoms with Crippen molar-refractivity contribution in [3.63, 3.8) is 0 Å². The van der Waals surface area contributed by atoms with Gasteiger partial charge in [0.15, 0.2) is 0 Å². The molecule has 13 heavy (non-hydrogen) atoms. The van der Waals surface area contributed by atoms with Gasteiger partial charge in [-0.2, -0.15) is 0 Å². The second kappa shape index (κ2) is 5.09. The monoisotopic (exact) mass is 244 g/mol. The number of nitrogens with one attached hydrogen (secondary N) is 1. The molecule has 1 rings (SSSR count). The summed E-state index contributed by atoms with van der Waals surface area (Å²) in [5.41, 5.74) is 7.46. The number of ether oxygens (including phenoxy) is 1. The van der Waals surface area contributed by atoms with Crippen LogP contribution in [0.2, 0.25) is 0 Å². The Morgan fingerprint density at radius 2 is 2.31 bits per heavy atom. The summed E-state index contributed by atoms with van der Waals surface area (Å²) in [6, 6.07) is 5.76. The summed E-state index contributed by atoms with van der Waals surface area (Å²) in [7, 11) is 1.67. The van der Waals surface area contributed by atoms with E-state index in [0.717, 1.165) is 22.4 Å². The maximum atomic E-state index is 5.77. The number of hydrogen-bond acceptors (Lipinski definition) is 3. The van der Waals surface area contributed by atoms with Gasteiger partial charge in [0, 0.05) is 18.1 Å². The number of anilines is 2. The molecule has 0 fully saturated rings. The summed E-state index contributed by atoms with van der Waals surface area (Å²) in [5, 5.41) is 3.17. The van der Waals surface area contributed by atoms with Crippen molar-refractivity contribution in [1.29, 1.82) is 0 Å². The van der Waals surface area contributed by atoms with Crippen molar-refractivity contribution in [2.75, 3.05) is 31.3 Å². The van der Waals surface area contributed by atoms with Crippen molar-refractivity contribution in [1.82, 2.24) is 0 Å². The third-order valence-electron chi connectivity index (χ3n) is 1.64. The zero-order valence-electron chi connectivity index (χ0n) is 7.51. The van der Waals surface area contributed by atoms with E-state index < -0.39 is 0 Å². The average molecular weight is 245 g/mol. The SMILES string of the molecule is COCCNc1ccc(Br)cc1N. The maximum Gasteiger partial charge on any atom is 0.0635 e. The Morgan fingerprint density at radius 1 is 1.54 bits per heavy atom. The fraction of sp³-hybridized carbons (Fsp3) is 0.333. The van der Waals surface area contributed by atoms with Gasteiger partial charge in [-0.1, -0.05) is 15.9 Å². The van der Waals surface area contributed by atoms with Crippen molar-refractivity contribution in [3.8, 4) is 0 Å². The fourth-order valence-corrected chi connectivity index (χ4v) is 1.36. The van der Waals surface area contributed by atoms with E-state index in [1.54, 1.807) is 7.11 Å². The van der Waals surface area contributed by atoms with Gasteiger partial charge in [0.1, 0.15) is 0 Å². The van der Waals surface area contributed by atoms with Crippen LogP contribution in [-0.4, -0.2) is 20.3 Å². The van der Waals surface area contributed by atoms with Crippen LogP contribution in [0.5, 0.6) is 0 Å². The highest BCUT2D eigenvalue weighted by Crippen LogP contribution is 2.22. The summed E-state index contributed by atoms with van der Waals surface area (Å²) < 4.78 is 5.90. The minimum atomic E-state index is 0.676. The van der Waals surface area contributed by atoms with Gasteiger partial charge >= 0.3 is 0 Å². The van der Waals surface area contributed by atoms with Crippen LogP contribution in [0, 0.1) is 0 Å². The van der Waals surface area contributed by atoms with Gasteiger partial charge in [-0.15, -0.1) is 0 Å². The zero-order chi connectivity index (χ0) is 9.68. The maximum absolute atomic E-state index is 5.77. The molecular weight excluding hydrogens is 232 g/mol. The quantitative estimate of drug-likeness (QED) is 0.630. The van der Waals surface area contributed by atoms with E-state index in [2.05, 4.69) is 21.2 Å². The first kappa shape index (κ1) is 10.3. The predicted octanol–water partition coefficient (Wildman–Crippen LogP) is 2.09. The van der Waals surface area contributed by atoms with Crippen LogP contribution in [0.15, 0.2) is 22.7 Å². The minimum Gasteiger partial charge on any atom is -0.397 e. The number of halogens is 1. The Balaban J connectivity index is 2.56. The van der Waals surface area contributed by atoms with Crippen LogP contribution in [0.4, 0.5) is 11.4 Å². The first-order chi connectivity index (χ1) is 6.24. The van der Waals surface area contributed by atoms with Crippen LogP contribution in [-0.2, 0) is 4.74 Å². The van der Waals surface area contributed by atoms with Gasteiger partial charge < -0.3 is 15.8 Å². The number of benzene rings is 1. The molecule has 1 aromatic carbocycles. The van der Waals surface area contributed by atoms with E-state index in [4.69, 9.17) is 10.5 Å². The Labute approximate surface area is 86.4 Å². The Bertz CT molecular complexity index is 278. The second-order valence-electron chi connectivity index (χ2n) is 2.65. The van der Waals surface area contributed by atoms with Gasteiger partial charge in [-0.05, 0) is 18.2 Å². The van der Waals surface area contributed by atoms with Crippen LogP contribution >= 0.6 is 15.9 Å². The average Bonchev–Trinajstić information content (AvgIpc) is 2.09. The van der Waals surface area contributed by atoms with Crippen molar-refractivity contribution in [2.24, 2.45) is 0 Å². The first-order valence-electron chi connectivity index (χ1n) is 4.02. The van der Waals surface area contributed by atoms with Crippen molar-refractivity contribution in [3.05, 3.63) is 22.7 Å². The van der Waals surface area contributed by atoms with Gasteiger partial charge in [-0.3, -0.25) is 0 Å². The molecule has 1 aromatic rings. The van der Waals surface area contributed by atoms with E-state index in [0.29, 0.717) is 6.61 Å². The number of methoxy groups -OCH3 is 1. The van der Waals surface area contributed by atoms with E-state index in [1.807, 2.05) is 18.2 Å². The topological polar surface area (TPSA) is 47.3 Å². The highest BCUT2D eigenvalue weighted by molar-refractivity contribution is 9.10. The molecule has 4 heteroatoms. The Kier molecular flexibility index (Phi) is 4.05. The van der Waals surface area contributed by atoms with Crippen molar-refractivity contribution in [2.45, 2.75) is 0 Å². The fourth-order valence-electron chi connectivity index (χ4n) is 0.982. The molecule has 0 radical (unpaired) electrons. The molecule has 3 nitrogen and oxygen atoms in total.